The molecule has 0 heterocycles. The maximum atomic E-state index is 11.6. The number of hydrogen-bond acceptors (Lipinski definition) is 3. The Balaban J connectivity index is 3.79. The molecule has 0 atom stereocenters. The van der Waals surface area contributed by atoms with Crippen molar-refractivity contribution < 1.29 is 14.4 Å². The van der Waals surface area contributed by atoms with Crippen LogP contribution >= 0.6 is 0 Å². The molecule has 0 aromatic carbocycles. The van der Waals surface area contributed by atoms with Crippen LogP contribution in [0.15, 0.2) is 36.5 Å². The topological polar surface area (TPSA) is 77.2 Å². The average molecular weight is 305 g/mol. The molecule has 0 saturated carbocycles. The van der Waals surface area contributed by atoms with Crippen LogP contribution in [0.3, 0.4) is 0 Å². The van der Waals surface area contributed by atoms with Gasteiger partial charge in [-0.15, -0.1) is 0 Å². The van der Waals surface area contributed by atoms with Crippen LogP contribution in [0, 0.1) is 0 Å². The zero-order valence-electron chi connectivity index (χ0n) is 13.4. The summed E-state index contributed by atoms with van der Waals surface area (Å²) >= 11 is 0. The quantitative estimate of drug-likeness (QED) is 0.245. The first kappa shape index (κ1) is 20.0. The van der Waals surface area contributed by atoms with Crippen molar-refractivity contribution >= 4 is 17.5 Å². The van der Waals surface area contributed by atoms with Crippen molar-refractivity contribution in [2.75, 3.05) is 0 Å². The molecule has 0 spiro atoms. The fourth-order valence-corrected chi connectivity index (χ4v) is 1.88. The average Bonchev–Trinajstić information content (AvgIpc) is 2.49. The second-order valence-electron chi connectivity index (χ2n) is 5.16. The normalized spacial score (nSPS) is 11.7. The van der Waals surface area contributed by atoms with Crippen LogP contribution in [0.25, 0.3) is 0 Å². The maximum absolute atomic E-state index is 11.6. The Morgan fingerprint density at radius 2 is 1.32 bits per heavy atom. The maximum Gasteiger partial charge on any atom is 0.241 e. The number of rotatable bonds is 13. The van der Waals surface area contributed by atoms with Crippen LogP contribution in [0.5, 0.6) is 0 Å². The number of allylic oxidation sites excluding steroid dienone is 5. The Kier molecular flexibility index (Phi) is 12.7. The van der Waals surface area contributed by atoms with Crippen molar-refractivity contribution in [2.45, 2.75) is 58.3 Å². The number of hydrogen-bond donors (Lipinski definition) is 1. The predicted molar refractivity (Wildman–Crippen MR) is 89.2 cm³/mol. The summed E-state index contributed by atoms with van der Waals surface area (Å²) in [6.07, 6.45) is 16.7. The van der Waals surface area contributed by atoms with Crippen LogP contribution in [0.2, 0.25) is 0 Å². The van der Waals surface area contributed by atoms with E-state index in [2.05, 4.69) is 6.92 Å². The molecule has 0 radical (unpaired) electrons. The smallest absolute Gasteiger partial charge is 0.241 e. The van der Waals surface area contributed by atoms with Gasteiger partial charge in [0.25, 0.3) is 0 Å². The van der Waals surface area contributed by atoms with Gasteiger partial charge in [-0.3, -0.25) is 14.4 Å². The number of Topliss-reactive ketones (excluding diaryl/α,β-unsaturated/α-hetero) is 1. The molecule has 0 saturated heterocycles. The third-order valence-corrected chi connectivity index (χ3v) is 3.12. The third kappa shape index (κ3) is 13.0. The van der Waals surface area contributed by atoms with Crippen molar-refractivity contribution in [3.8, 4) is 0 Å². The van der Waals surface area contributed by atoms with E-state index < -0.39 is 11.7 Å². The molecule has 4 heteroatoms. The van der Waals surface area contributed by atoms with Gasteiger partial charge < -0.3 is 5.73 Å². The zero-order valence-corrected chi connectivity index (χ0v) is 13.4. The van der Waals surface area contributed by atoms with E-state index in [4.69, 9.17) is 5.73 Å². The van der Waals surface area contributed by atoms with Gasteiger partial charge in [0.2, 0.25) is 17.5 Å². The second kappa shape index (κ2) is 14.0. The molecule has 0 rings (SSSR count). The summed E-state index contributed by atoms with van der Waals surface area (Å²) in [7, 11) is 0. The molecule has 0 aromatic heterocycles. The molecule has 122 valence electrons. The number of amides is 1. The minimum Gasteiger partial charge on any atom is -0.366 e. The highest BCUT2D eigenvalue weighted by atomic mass is 16.2. The molecule has 0 fully saturated rings. The van der Waals surface area contributed by atoms with Crippen LogP contribution in [0.1, 0.15) is 58.3 Å². The molecule has 0 unspecified atom stereocenters. The molecule has 22 heavy (non-hydrogen) atoms. The van der Waals surface area contributed by atoms with Crippen LogP contribution in [-0.2, 0) is 14.4 Å². The van der Waals surface area contributed by atoms with Gasteiger partial charge in [0.15, 0.2) is 0 Å². The fourth-order valence-electron chi connectivity index (χ4n) is 1.88. The van der Waals surface area contributed by atoms with Crippen LogP contribution in [-0.4, -0.2) is 17.5 Å². The van der Waals surface area contributed by atoms with E-state index >= 15 is 0 Å². The lowest BCUT2D eigenvalue weighted by molar-refractivity contribution is -0.133. The number of nitrogens with two attached hydrogens (primary N) is 1. The number of ketones is 2. The molecular weight excluding hydrogens is 278 g/mol. The highest BCUT2D eigenvalue weighted by molar-refractivity contribution is 6.41. The first-order valence-corrected chi connectivity index (χ1v) is 7.96. The lowest BCUT2D eigenvalue weighted by Crippen LogP contribution is -2.10. The summed E-state index contributed by atoms with van der Waals surface area (Å²) in [5.41, 5.74) is 4.91. The Morgan fingerprint density at radius 1 is 0.773 bits per heavy atom. The number of carbonyl (C=O) groups is 3. The zero-order chi connectivity index (χ0) is 16.6. The molecule has 0 aliphatic carbocycles. The van der Waals surface area contributed by atoms with Gasteiger partial charge in [0, 0.05) is 12.5 Å². The van der Waals surface area contributed by atoms with E-state index in [1.54, 1.807) is 12.2 Å². The highest BCUT2D eigenvalue weighted by Crippen LogP contribution is 2.08. The summed E-state index contributed by atoms with van der Waals surface area (Å²) in [5.74, 6) is -1.35. The minimum absolute atomic E-state index is 0.322. The summed E-state index contributed by atoms with van der Waals surface area (Å²) < 4.78 is 0. The summed E-state index contributed by atoms with van der Waals surface area (Å²) in [4.78, 5) is 33.5. The number of carbonyl (C=O) groups excluding carboxylic acids is 3. The minimum atomic E-state index is -0.533. The Hall–Kier alpha value is -1.97. The summed E-state index contributed by atoms with van der Waals surface area (Å²) in [6, 6.07) is 0. The molecule has 0 aliphatic heterocycles. The molecule has 2 N–H and O–H groups in total. The monoisotopic (exact) mass is 305 g/mol. The van der Waals surface area contributed by atoms with Crippen molar-refractivity contribution in [3.63, 3.8) is 0 Å². The number of unbranched alkanes of at least 4 members (excludes halogenated alkanes) is 6. The molecular formula is C18H27NO3. The summed E-state index contributed by atoms with van der Waals surface area (Å²) in [6.45, 7) is 2.18. The van der Waals surface area contributed by atoms with E-state index in [0.29, 0.717) is 6.42 Å². The van der Waals surface area contributed by atoms with Gasteiger partial charge in [-0.1, -0.05) is 69.8 Å². The first-order chi connectivity index (χ1) is 10.6. The van der Waals surface area contributed by atoms with Crippen molar-refractivity contribution in [1.29, 1.82) is 0 Å². The Bertz CT molecular complexity index is 434. The van der Waals surface area contributed by atoms with Crippen molar-refractivity contribution in [3.05, 3.63) is 36.5 Å². The summed E-state index contributed by atoms with van der Waals surface area (Å²) in [5, 5.41) is 0. The first-order valence-electron chi connectivity index (χ1n) is 7.96. The van der Waals surface area contributed by atoms with Crippen molar-refractivity contribution in [2.24, 2.45) is 5.73 Å². The van der Waals surface area contributed by atoms with Crippen LogP contribution in [0.4, 0.5) is 0 Å². The van der Waals surface area contributed by atoms with Gasteiger partial charge in [-0.05, 0) is 12.5 Å². The lowest BCUT2D eigenvalue weighted by atomic mass is 10.1. The lowest BCUT2D eigenvalue weighted by Gasteiger charge is -1.99. The molecule has 1 amide bonds. The van der Waals surface area contributed by atoms with E-state index in [-0.39, 0.29) is 5.78 Å². The third-order valence-electron chi connectivity index (χ3n) is 3.12. The van der Waals surface area contributed by atoms with E-state index in [0.717, 1.165) is 19.3 Å². The second-order valence-corrected chi connectivity index (χ2v) is 5.16. The largest absolute Gasteiger partial charge is 0.366 e. The molecule has 0 aliphatic rings. The van der Waals surface area contributed by atoms with Gasteiger partial charge in [0.05, 0.1) is 0 Å². The highest BCUT2D eigenvalue weighted by Gasteiger charge is 2.08. The fraction of sp³-hybridized carbons (Fsp3) is 0.500. The SMILES string of the molecule is CCCCCCCCCC(=O)C(=O)C=CC=CC=CC(N)=O. The van der Waals surface area contributed by atoms with Gasteiger partial charge in [-0.2, -0.15) is 0 Å². The van der Waals surface area contributed by atoms with E-state index in [1.165, 1.54) is 50.0 Å². The Morgan fingerprint density at radius 3 is 1.91 bits per heavy atom. The Labute approximate surface area is 133 Å². The number of primary amides is 1. The molecule has 4 nitrogen and oxygen atoms in total. The van der Waals surface area contributed by atoms with Crippen LogP contribution < -0.4 is 5.73 Å². The van der Waals surface area contributed by atoms with E-state index in [9.17, 15) is 14.4 Å². The van der Waals surface area contributed by atoms with Gasteiger partial charge in [0.1, 0.15) is 0 Å². The molecule has 0 bridgehead atoms. The molecule has 0 aromatic rings. The standard InChI is InChI=1S/C18H27NO3/c1-2-3-4-5-6-7-10-13-16(20)17(21)14-11-8-9-12-15-18(19)22/h8-9,11-12,14-15H,2-7,10,13H2,1H3,(H2,19,22). The van der Waals surface area contributed by atoms with Gasteiger partial charge >= 0.3 is 0 Å². The van der Waals surface area contributed by atoms with E-state index in [1.807, 2.05) is 0 Å². The predicted octanol–water partition coefficient (Wildman–Crippen LogP) is 3.42. The van der Waals surface area contributed by atoms with Crippen molar-refractivity contribution in [1.82, 2.24) is 0 Å². The van der Waals surface area contributed by atoms with Gasteiger partial charge in [-0.25, -0.2) is 0 Å².